The molecule has 0 spiro atoms. The Morgan fingerprint density at radius 3 is 1.74 bits per heavy atom. The van der Waals surface area contributed by atoms with Gasteiger partial charge in [0.2, 0.25) is 0 Å². The van der Waals surface area contributed by atoms with Gasteiger partial charge in [0.15, 0.2) is 0 Å². The molecule has 9 aromatic rings. The number of hydrogen-bond acceptors (Lipinski definition) is 2. The molecule has 234 valence electrons. The Morgan fingerprint density at radius 1 is 0.400 bits per heavy atom. The van der Waals surface area contributed by atoms with Crippen molar-refractivity contribution in [3.05, 3.63) is 175 Å². The summed E-state index contributed by atoms with van der Waals surface area (Å²) in [7, 11) is 0. The maximum Gasteiger partial charge on any atom is 0.136 e. The Kier molecular flexibility index (Phi) is 5.82. The molecule has 2 heteroatoms. The summed E-state index contributed by atoms with van der Waals surface area (Å²) in [5, 5.41) is 9.73. The van der Waals surface area contributed by atoms with Gasteiger partial charge in [0, 0.05) is 27.8 Å². The minimum atomic E-state index is -0.0670. The van der Waals surface area contributed by atoms with Crippen molar-refractivity contribution in [1.29, 1.82) is 0 Å². The van der Waals surface area contributed by atoms with Crippen LogP contribution in [0, 0.1) is 0 Å². The van der Waals surface area contributed by atoms with E-state index in [1.54, 1.807) is 0 Å². The molecule has 0 saturated carbocycles. The lowest BCUT2D eigenvalue weighted by Crippen LogP contribution is -2.15. The van der Waals surface area contributed by atoms with Gasteiger partial charge in [-0.1, -0.05) is 146 Å². The largest absolute Gasteiger partial charge is 0.484 e. The molecule has 2 heterocycles. The number of para-hydroxylation sites is 1. The van der Waals surface area contributed by atoms with Gasteiger partial charge in [-0.15, -0.1) is 0 Å². The van der Waals surface area contributed by atoms with Crippen molar-refractivity contribution >= 4 is 54.3 Å². The molecular weight excluding hydrogens is 609 g/mol. The van der Waals surface area contributed by atoms with E-state index in [1.807, 2.05) is 12.1 Å². The number of hydrogen-bond donors (Lipinski definition) is 0. The van der Waals surface area contributed by atoms with E-state index in [0.717, 1.165) is 38.8 Å². The summed E-state index contributed by atoms with van der Waals surface area (Å²) in [6.07, 6.45) is 8.72. The van der Waals surface area contributed by atoms with Crippen molar-refractivity contribution in [2.75, 3.05) is 0 Å². The predicted molar refractivity (Wildman–Crippen MR) is 208 cm³/mol. The fourth-order valence-corrected chi connectivity index (χ4v) is 8.73. The second kappa shape index (κ2) is 10.6. The van der Waals surface area contributed by atoms with Gasteiger partial charge in [-0.05, 0) is 84.4 Å². The van der Waals surface area contributed by atoms with Gasteiger partial charge < -0.3 is 9.15 Å². The highest BCUT2D eigenvalue weighted by molar-refractivity contribution is 6.24. The second-order valence-electron chi connectivity index (χ2n) is 13.4. The first kappa shape index (κ1) is 27.6. The molecule has 2 unspecified atom stereocenters. The van der Waals surface area contributed by atoms with Crippen LogP contribution in [0.3, 0.4) is 0 Å². The zero-order valence-corrected chi connectivity index (χ0v) is 27.1. The normalized spacial score (nSPS) is 16.4. The molecule has 1 aliphatic carbocycles. The van der Waals surface area contributed by atoms with Gasteiger partial charge in [-0.2, -0.15) is 0 Å². The van der Waals surface area contributed by atoms with Gasteiger partial charge in [0.05, 0.1) is 0 Å². The molecule has 0 saturated heterocycles. The molecule has 0 amide bonds. The Bertz CT molecular complexity index is 2860. The Balaban J connectivity index is 1.24. The van der Waals surface area contributed by atoms with E-state index >= 15 is 0 Å². The predicted octanol–water partition coefficient (Wildman–Crippen LogP) is 13.0. The molecule has 2 atom stereocenters. The molecule has 11 rings (SSSR count). The monoisotopic (exact) mass is 638 g/mol. The van der Waals surface area contributed by atoms with Crippen LogP contribution in [0.2, 0.25) is 0 Å². The van der Waals surface area contributed by atoms with Crippen LogP contribution in [0.15, 0.2) is 174 Å². The third-order valence-corrected chi connectivity index (χ3v) is 10.8. The Morgan fingerprint density at radius 2 is 0.960 bits per heavy atom. The summed E-state index contributed by atoms with van der Waals surface area (Å²) in [5.74, 6) is 1.05. The van der Waals surface area contributed by atoms with Crippen LogP contribution in [0.5, 0.6) is 5.75 Å². The summed E-state index contributed by atoms with van der Waals surface area (Å²) >= 11 is 0. The number of ether oxygens (including phenoxy) is 1. The van der Waals surface area contributed by atoms with Gasteiger partial charge >= 0.3 is 0 Å². The third kappa shape index (κ3) is 3.85. The summed E-state index contributed by atoms with van der Waals surface area (Å²) in [5.41, 5.74) is 10.3. The highest BCUT2D eigenvalue weighted by Gasteiger charge is 2.37. The Hall–Kier alpha value is -6.38. The second-order valence-corrected chi connectivity index (χ2v) is 13.4. The number of furan rings is 1. The van der Waals surface area contributed by atoms with Crippen molar-refractivity contribution in [3.63, 3.8) is 0 Å². The first-order valence-electron chi connectivity index (χ1n) is 17.3. The number of benzene rings is 8. The molecule has 1 aromatic heterocycles. The van der Waals surface area contributed by atoms with E-state index < -0.39 is 0 Å². The van der Waals surface area contributed by atoms with Gasteiger partial charge in [0.1, 0.15) is 23.0 Å². The van der Waals surface area contributed by atoms with E-state index in [9.17, 15) is 0 Å². The lowest BCUT2D eigenvalue weighted by atomic mass is 9.80. The van der Waals surface area contributed by atoms with Crippen molar-refractivity contribution < 1.29 is 9.15 Å². The van der Waals surface area contributed by atoms with Crippen LogP contribution in [0.25, 0.3) is 87.6 Å². The molecule has 2 nitrogen and oxygen atoms in total. The van der Waals surface area contributed by atoms with Crippen LogP contribution in [-0.4, -0.2) is 6.10 Å². The lowest BCUT2D eigenvalue weighted by molar-refractivity contribution is 0.270. The van der Waals surface area contributed by atoms with Crippen LogP contribution in [0.1, 0.15) is 11.5 Å². The highest BCUT2D eigenvalue weighted by atomic mass is 16.5. The lowest BCUT2D eigenvalue weighted by Gasteiger charge is -2.22. The van der Waals surface area contributed by atoms with Gasteiger partial charge in [-0.25, -0.2) is 0 Å². The summed E-state index contributed by atoms with van der Waals surface area (Å²) in [6, 6.07) is 52.6. The Labute approximate surface area is 289 Å². The van der Waals surface area contributed by atoms with Gasteiger partial charge in [0.25, 0.3) is 0 Å². The third-order valence-electron chi connectivity index (χ3n) is 10.8. The molecule has 8 aromatic carbocycles. The molecule has 0 radical (unpaired) electrons. The number of rotatable bonds is 3. The molecule has 0 fully saturated rings. The van der Waals surface area contributed by atoms with E-state index in [0.29, 0.717) is 0 Å². The van der Waals surface area contributed by atoms with Crippen molar-refractivity contribution in [2.24, 2.45) is 0 Å². The van der Waals surface area contributed by atoms with Crippen LogP contribution >= 0.6 is 0 Å². The molecule has 50 heavy (non-hydrogen) atoms. The van der Waals surface area contributed by atoms with Crippen molar-refractivity contribution in [2.45, 2.75) is 12.0 Å². The quantitative estimate of drug-likeness (QED) is 0.180. The standard InChI is InChI=1S/C48H30O2/c1-2-15-30-29(13-1)14-11-22-31(30)44-32-16-3-5-18-34(32)45(35-19-6-4-17-33(35)44)40-28-27-37(48-47(40)39-21-8-10-25-42(39)50-48)36-23-12-26-43-46(36)38-20-7-9-24-41(38)49-43/h1-28,39,42H. The zero-order chi connectivity index (χ0) is 32.8. The molecule has 2 aliphatic rings. The minimum absolute atomic E-state index is 0.0670. The maximum atomic E-state index is 6.99. The van der Waals surface area contributed by atoms with E-state index in [1.165, 1.54) is 60.1 Å². The average Bonchev–Trinajstić information content (AvgIpc) is 3.76. The first-order chi connectivity index (χ1) is 24.8. The average molecular weight is 639 g/mol. The molecule has 0 N–H and O–H groups in total. The van der Waals surface area contributed by atoms with Crippen LogP contribution in [0.4, 0.5) is 0 Å². The number of fused-ring (bicyclic) bond motifs is 9. The van der Waals surface area contributed by atoms with Crippen molar-refractivity contribution in [3.8, 4) is 39.1 Å². The summed E-state index contributed by atoms with van der Waals surface area (Å²) < 4.78 is 13.3. The van der Waals surface area contributed by atoms with E-state index in [-0.39, 0.29) is 12.0 Å². The fourth-order valence-electron chi connectivity index (χ4n) is 8.73. The minimum Gasteiger partial charge on any atom is -0.484 e. The number of allylic oxidation sites excluding steroid dienone is 2. The summed E-state index contributed by atoms with van der Waals surface area (Å²) in [4.78, 5) is 0. The summed E-state index contributed by atoms with van der Waals surface area (Å²) in [6.45, 7) is 0. The molecule has 0 bridgehead atoms. The van der Waals surface area contributed by atoms with E-state index in [4.69, 9.17) is 9.15 Å². The van der Waals surface area contributed by atoms with E-state index in [2.05, 4.69) is 158 Å². The molecule has 1 aliphatic heterocycles. The van der Waals surface area contributed by atoms with Crippen molar-refractivity contribution in [1.82, 2.24) is 0 Å². The molecular formula is C48H30O2. The maximum absolute atomic E-state index is 6.99. The van der Waals surface area contributed by atoms with Crippen LogP contribution < -0.4 is 4.74 Å². The zero-order valence-electron chi connectivity index (χ0n) is 27.1. The SMILES string of the molecule is C1=CC2Oc3c(-c4cccc5oc6ccccc6c45)ccc(-c4c5ccccc5c(-c5cccc6ccccc56)c5ccccc45)c3C2C=C1. The fraction of sp³-hybridized carbons (Fsp3) is 0.0417. The topological polar surface area (TPSA) is 22.4 Å². The highest BCUT2D eigenvalue weighted by Crippen LogP contribution is 2.55. The smallest absolute Gasteiger partial charge is 0.136 e. The first-order valence-corrected chi connectivity index (χ1v) is 17.3. The van der Waals surface area contributed by atoms with Crippen LogP contribution in [-0.2, 0) is 0 Å². The van der Waals surface area contributed by atoms with Gasteiger partial charge in [-0.3, -0.25) is 0 Å².